The molecule has 2 aromatic carbocycles. The lowest BCUT2D eigenvalue weighted by molar-refractivity contribution is -0.872. The first kappa shape index (κ1) is 20.5. The number of benzene rings is 2. The maximum atomic E-state index is 13.8. The van der Waals surface area contributed by atoms with Crippen molar-refractivity contribution in [2.24, 2.45) is 0 Å². The standard InChI is InChI=1S/C19H14Cl2F3NO3/c1-25(2)8-12-14(26)6-5-11-16(27)15(10-4-3-9(20)7-13(10)21)18(19(22,23)24)28-17(11)12/h3-7,26H,8H2,1-2H3/p+1. The van der Waals surface area contributed by atoms with E-state index in [4.69, 9.17) is 27.6 Å². The van der Waals surface area contributed by atoms with Crippen LogP contribution in [0.5, 0.6) is 5.75 Å². The van der Waals surface area contributed by atoms with Crippen LogP contribution in [0.4, 0.5) is 13.2 Å². The van der Waals surface area contributed by atoms with Crippen molar-refractivity contribution in [2.75, 3.05) is 14.1 Å². The van der Waals surface area contributed by atoms with Gasteiger partial charge in [-0.15, -0.1) is 0 Å². The van der Waals surface area contributed by atoms with E-state index in [-0.39, 0.29) is 44.4 Å². The highest BCUT2D eigenvalue weighted by atomic mass is 35.5. The molecule has 0 fully saturated rings. The summed E-state index contributed by atoms with van der Waals surface area (Å²) in [6, 6.07) is 6.32. The Balaban J connectivity index is 2.47. The predicted molar refractivity (Wildman–Crippen MR) is 101 cm³/mol. The molecule has 0 saturated heterocycles. The van der Waals surface area contributed by atoms with E-state index in [1.54, 1.807) is 14.1 Å². The van der Waals surface area contributed by atoms with Crippen molar-refractivity contribution in [2.45, 2.75) is 12.7 Å². The second kappa shape index (κ2) is 7.31. The van der Waals surface area contributed by atoms with Gasteiger partial charge >= 0.3 is 6.18 Å². The minimum atomic E-state index is -4.96. The second-order valence-electron chi connectivity index (χ2n) is 6.58. The van der Waals surface area contributed by atoms with E-state index in [0.29, 0.717) is 0 Å². The average Bonchev–Trinajstić information content (AvgIpc) is 2.57. The first-order chi connectivity index (χ1) is 13.0. The van der Waals surface area contributed by atoms with E-state index >= 15 is 0 Å². The molecule has 3 aromatic rings. The molecule has 0 unspecified atom stereocenters. The summed E-state index contributed by atoms with van der Waals surface area (Å²) < 4.78 is 46.5. The summed E-state index contributed by atoms with van der Waals surface area (Å²) in [4.78, 5) is 13.9. The van der Waals surface area contributed by atoms with Crippen LogP contribution in [-0.2, 0) is 12.7 Å². The van der Waals surface area contributed by atoms with E-state index in [2.05, 4.69) is 0 Å². The average molecular weight is 433 g/mol. The van der Waals surface area contributed by atoms with Crippen LogP contribution in [0.15, 0.2) is 39.5 Å². The van der Waals surface area contributed by atoms with E-state index in [9.17, 15) is 23.1 Å². The van der Waals surface area contributed by atoms with Crippen LogP contribution in [-0.4, -0.2) is 19.2 Å². The number of aromatic hydroxyl groups is 1. The number of alkyl halides is 3. The molecule has 0 amide bonds. The highest BCUT2D eigenvalue weighted by molar-refractivity contribution is 6.36. The summed E-state index contributed by atoms with van der Waals surface area (Å²) in [5.74, 6) is -1.72. The number of phenolic OH excluding ortho intramolecular Hbond substituents is 1. The van der Waals surface area contributed by atoms with Gasteiger partial charge < -0.3 is 14.4 Å². The molecule has 0 saturated carbocycles. The van der Waals surface area contributed by atoms with Gasteiger partial charge in [0.1, 0.15) is 12.3 Å². The van der Waals surface area contributed by atoms with Gasteiger partial charge in [0.25, 0.3) is 0 Å². The summed E-state index contributed by atoms with van der Waals surface area (Å²) in [7, 11) is 3.51. The molecule has 0 aliphatic carbocycles. The monoisotopic (exact) mass is 432 g/mol. The van der Waals surface area contributed by atoms with Crippen LogP contribution in [0.1, 0.15) is 11.3 Å². The molecule has 4 nitrogen and oxygen atoms in total. The number of hydrogen-bond acceptors (Lipinski definition) is 3. The highest BCUT2D eigenvalue weighted by Crippen LogP contribution is 2.41. The molecule has 2 N–H and O–H groups in total. The Labute approximate surface area is 167 Å². The number of halogens is 5. The van der Waals surface area contributed by atoms with Crippen molar-refractivity contribution in [3.8, 4) is 16.9 Å². The van der Waals surface area contributed by atoms with Gasteiger partial charge in [0.2, 0.25) is 11.2 Å². The minimum absolute atomic E-state index is 0.0805. The zero-order valence-electron chi connectivity index (χ0n) is 14.7. The van der Waals surface area contributed by atoms with Crippen LogP contribution in [0.2, 0.25) is 10.0 Å². The van der Waals surface area contributed by atoms with Crippen molar-refractivity contribution in [3.05, 3.63) is 61.9 Å². The summed E-state index contributed by atoms with van der Waals surface area (Å²) in [6.45, 7) is 0.157. The molecule has 0 aliphatic heterocycles. The maximum Gasteiger partial charge on any atom is 0.450 e. The molecule has 28 heavy (non-hydrogen) atoms. The second-order valence-corrected chi connectivity index (χ2v) is 7.42. The Morgan fingerprint density at radius 3 is 2.39 bits per heavy atom. The fourth-order valence-corrected chi connectivity index (χ4v) is 3.47. The maximum absolute atomic E-state index is 13.8. The van der Waals surface area contributed by atoms with Gasteiger partial charge in [-0.3, -0.25) is 4.79 Å². The van der Waals surface area contributed by atoms with Gasteiger partial charge in [0, 0.05) is 10.6 Å². The Bertz CT molecular complexity index is 1120. The number of hydrogen-bond donors (Lipinski definition) is 2. The zero-order valence-corrected chi connectivity index (χ0v) is 16.3. The Hall–Kier alpha value is -2.22. The van der Waals surface area contributed by atoms with Crippen LogP contribution in [0, 0.1) is 0 Å². The summed E-state index contributed by atoms with van der Waals surface area (Å²) >= 11 is 11.9. The van der Waals surface area contributed by atoms with Crippen molar-refractivity contribution in [1.29, 1.82) is 0 Å². The number of rotatable bonds is 3. The van der Waals surface area contributed by atoms with E-state index < -0.39 is 22.9 Å². The molecule has 0 aliphatic rings. The van der Waals surface area contributed by atoms with Crippen LogP contribution >= 0.6 is 23.2 Å². The third-order valence-corrected chi connectivity index (χ3v) is 4.67. The molecule has 148 valence electrons. The van der Waals surface area contributed by atoms with Crippen molar-refractivity contribution in [1.82, 2.24) is 0 Å². The Morgan fingerprint density at radius 2 is 1.82 bits per heavy atom. The van der Waals surface area contributed by atoms with E-state index in [0.717, 1.165) is 4.90 Å². The Morgan fingerprint density at radius 1 is 1.14 bits per heavy atom. The molecule has 9 heteroatoms. The number of quaternary nitrogens is 1. The minimum Gasteiger partial charge on any atom is -0.507 e. The topological polar surface area (TPSA) is 54.9 Å². The van der Waals surface area contributed by atoms with Crippen LogP contribution in [0.25, 0.3) is 22.1 Å². The predicted octanol–water partition coefficient (Wildman–Crippen LogP) is 4.14. The fourth-order valence-electron chi connectivity index (χ4n) is 2.96. The molecular weight excluding hydrogens is 418 g/mol. The quantitative estimate of drug-likeness (QED) is 0.653. The largest absolute Gasteiger partial charge is 0.507 e. The number of phenols is 1. The molecule has 0 bridgehead atoms. The summed E-state index contributed by atoms with van der Waals surface area (Å²) in [5.41, 5.74) is -1.91. The molecular formula is C19H15Cl2F3NO3+. The summed E-state index contributed by atoms with van der Waals surface area (Å²) in [5, 5.41) is 10.1. The molecule has 0 atom stereocenters. The zero-order chi connectivity index (χ0) is 20.8. The van der Waals surface area contributed by atoms with E-state index in [1.807, 2.05) is 0 Å². The highest BCUT2D eigenvalue weighted by Gasteiger charge is 2.40. The molecule has 3 rings (SSSR count). The van der Waals surface area contributed by atoms with Gasteiger partial charge in [0.05, 0.1) is 35.6 Å². The van der Waals surface area contributed by atoms with E-state index in [1.165, 1.54) is 30.3 Å². The third-order valence-electron chi connectivity index (χ3n) is 4.13. The smallest absolute Gasteiger partial charge is 0.450 e. The third kappa shape index (κ3) is 3.70. The van der Waals surface area contributed by atoms with Gasteiger partial charge in [-0.2, -0.15) is 13.2 Å². The molecule has 1 aromatic heterocycles. The fraction of sp³-hybridized carbons (Fsp3) is 0.211. The summed E-state index contributed by atoms with van der Waals surface area (Å²) in [6.07, 6.45) is -4.96. The number of nitrogens with one attached hydrogen (secondary N) is 1. The first-order valence-electron chi connectivity index (χ1n) is 8.14. The first-order valence-corrected chi connectivity index (χ1v) is 8.89. The lowest BCUT2D eigenvalue weighted by atomic mass is 10.00. The molecule has 1 heterocycles. The van der Waals surface area contributed by atoms with Gasteiger partial charge in [0.15, 0.2) is 5.58 Å². The molecule has 0 spiro atoms. The van der Waals surface area contributed by atoms with Gasteiger partial charge in [-0.25, -0.2) is 0 Å². The normalized spacial score (nSPS) is 12.1. The van der Waals surface area contributed by atoms with Gasteiger partial charge in [-0.05, 0) is 24.3 Å². The number of fused-ring (bicyclic) bond motifs is 1. The molecule has 0 radical (unpaired) electrons. The lowest BCUT2D eigenvalue weighted by Gasteiger charge is -2.16. The lowest BCUT2D eigenvalue weighted by Crippen LogP contribution is -3.04. The van der Waals surface area contributed by atoms with Crippen molar-refractivity contribution in [3.63, 3.8) is 0 Å². The SMILES string of the molecule is C[NH+](C)Cc1c(O)ccc2c(=O)c(-c3ccc(Cl)cc3Cl)c(C(F)(F)F)oc12. The van der Waals surface area contributed by atoms with Crippen LogP contribution in [0.3, 0.4) is 0 Å². The Kier molecular flexibility index (Phi) is 5.36. The van der Waals surface area contributed by atoms with Gasteiger partial charge in [-0.1, -0.05) is 29.3 Å². The van der Waals surface area contributed by atoms with Crippen molar-refractivity contribution < 1.29 is 27.6 Å². The van der Waals surface area contributed by atoms with Crippen molar-refractivity contribution >= 4 is 34.2 Å². The van der Waals surface area contributed by atoms with Crippen LogP contribution < -0.4 is 10.3 Å².